The molecule has 2 heterocycles. The van der Waals surface area contributed by atoms with E-state index in [1.165, 1.54) is 30.2 Å². The third-order valence-corrected chi connectivity index (χ3v) is 6.71. The quantitative estimate of drug-likeness (QED) is 0.639. The molecule has 4 rings (SSSR count). The molecule has 2 unspecified atom stereocenters. The SMILES string of the molecule is COCCN1CC(C(=O)N2c3ccc(S(N)(=O)=O)cc3NC(=O)C2c2ccccc2)CC1=O. The molecule has 1 fully saturated rings. The molecule has 2 atom stereocenters. The molecular weight excluding hydrogens is 448 g/mol. The molecule has 0 saturated carbocycles. The van der Waals surface area contributed by atoms with E-state index in [2.05, 4.69) is 5.32 Å². The first-order chi connectivity index (χ1) is 15.7. The van der Waals surface area contributed by atoms with Crippen LogP contribution >= 0.6 is 0 Å². The Hall–Kier alpha value is -3.28. The highest BCUT2D eigenvalue weighted by atomic mass is 32.2. The lowest BCUT2D eigenvalue weighted by Crippen LogP contribution is -2.48. The van der Waals surface area contributed by atoms with Gasteiger partial charge in [-0.1, -0.05) is 30.3 Å². The van der Waals surface area contributed by atoms with Crippen molar-refractivity contribution in [2.75, 3.05) is 37.0 Å². The summed E-state index contributed by atoms with van der Waals surface area (Å²) in [6, 6.07) is 11.8. The third kappa shape index (κ3) is 4.47. The number of nitrogens with two attached hydrogens (primary N) is 1. The van der Waals surface area contributed by atoms with Gasteiger partial charge in [-0.15, -0.1) is 0 Å². The molecule has 0 aliphatic carbocycles. The molecule has 33 heavy (non-hydrogen) atoms. The summed E-state index contributed by atoms with van der Waals surface area (Å²) in [6.45, 7) is 0.936. The molecule has 3 amide bonds. The summed E-state index contributed by atoms with van der Waals surface area (Å²) in [6.07, 6.45) is 0.0206. The maximum atomic E-state index is 13.7. The number of likely N-dealkylation sites (tertiary alicyclic amines) is 1. The number of nitrogens with zero attached hydrogens (tertiary/aromatic N) is 2. The van der Waals surface area contributed by atoms with Crippen molar-refractivity contribution in [1.29, 1.82) is 0 Å². The van der Waals surface area contributed by atoms with Crippen molar-refractivity contribution in [2.45, 2.75) is 17.4 Å². The topological polar surface area (TPSA) is 139 Å². The number of amides is 3. The highest BCUT2D eigenvalue weighted by Crippen LogP contribution is 2.41. The molecule has 11 heteroatoms. The fourth-order valence-corrected chi connectivity index (χ4v) is 4.73. The number of sulfonamides is 1. The second-order valence-corrected chi connectivity index (χ2v) is 9.53. The largest absolute Gasteiger partial charge is 0.383 e. The summed E-state index contributed by atoms with van der Waals surface area (Å²) in [4.78, 5) is 42.0. The Morgan fingerprint density at radius 2 is 1.91 bits per heavy atom. The van der Waals surface area contributed by atoms with Crippen LogP contribution in [0, 0.1) is 5.92 Å². The molecule has 0 aromatic heterocycles. The number of fused-ring (bicyclic) bond motifs is 1. The summed E-state index contributed by atoms with van der Waals surface area (Å²) in [5.74, 6) is -1.70. The Bertz CT molecular complexity index is 1200. The van der Waals surface area contributed by atoms with E-state index in [0.717, 1.165) is 0 Å². The Labute approximate surface area is 191 Å². The average molecular weight is 473 g/mol. The Morgan fingerprint density at radius 3 is 2.58 bits per heavy atom. The third-order valence-electron chi connectivity index (χ3n) is 5.80. The van der Waals surface area contributed by atoms with Crippen molar-refractivity contribution in [3.63, 3.8) is 0 Å². The lowest BCUT2D eigenvalue weighted by Gasteiger charge is -2.38. The minimum absolute atomic E-state index is 0.0206. The smallest absolute Gasteiger partial charge is 0.252 e. The van der Waals surface area contributed by atoms with Gasteiger partial charge >= 0.3 is 0 Å². The van der Waals surface area contributed by atoms with Crippen molar-refractivity contribution in [1.82, 2.24) is 4.90 Å². The van der Waals surface area contributed by atoms with Gasteiger partial charge in [0.05, 0.1) is 28.8 Å². The monoisotopic (exact) mass is 472 g/mol. The van der Waals surface area contributed by atoms with E-state index in [0.29, 0.717) is 24.4 Å². The second-order valence-electron chi connectivity index (χ2n) is 7.97. The summed E-state index contributed by atoms with van der Waals surface area (Å²) >= 11 is 0. The number of benzene rings is 2. The zero-order valence-electron chi connectivity index (χ0n) is 17.9. The average Bonchev–Trinajstić information content (AvgIpc) is 3.16. The minimum atomic E-state index is -4.01. The number of rotatable bonds is 6. The van der Waals surface area contributed by atoms with Crippen LogP contribution in [0.15, 0.2) is 53.4 Å². The number of primary sulfonamides is 1. The van der Waals surface area contributed by atoms with Crippen molar-refractivity contribution >= 4 is 39.1 Å². The molecule has 2 aliphatic heterocycles. The van der Waals surface area contributed by atoms with Gasteiger partial charge in [-0.25, -0.2) is 13.6 Å². The van der Waals surface area contributed by atoms with Gasteiger partial charge in [0.1, 0.15) is 6.04 Å². The van der Waals surface area contributed by atoms with E-state index in [1.807, 2.05) is 0 Å². The fraction of sp³-hybridized carbons (Fsp3) is 0.318. The lowest BCUT2D eigenvalue weighted by molar-refractivity contribution is -0.129. The molecule has 3 N–H and O–H groups in total. The summed E-state index contributed by atoms with van der Waals surface area (Å²) in [5, 5.41) is 7.93. The fourth-order valence-electron chi connectivity index (χ4n) is 4.19. The number of hydrogen-bond acceptors (Lipinski definition) is 6. The van der Waals surface area contributed by atoms with Crippen LogP contribution in [0.4, 0.5) is 11.4 Å². The van der Waals surface area contributed by atoms with Crippen LogP contribution in [0.25, 0.3) is 0 Å². The molecule has 2 aromatic carbocycles. The van der Waals surface area contributed by atoms with Crippen LogP contribution in [0.5, 0.6) is 0 Å². The van der Waals surface area contributed by atoms with Gasteiger partial charge in [-0.05, 0) is 23.8 Å². The number of ether oxygens (including phenoxy) is 1. The van der Waals surface area contributed by atoms with Crippen molar-refractivity contribution in [3.8, 4) is 0 Å². The van der Waals surface area contributed by atoms with E-state index in [4.69, 9.17) is 9.88 Å². The van der Waals surface area contributed by atoms with E-state index >= 15 is 0 Å². The normalized spacial score (nSPS) is 20.5. The van der Waals surface area contributed by atoms with Gasteiger partial charge < -0.3 is 15.0 Å². The van der Waals surface area contributed by atoms with E-state index in [1.54, 1.807) is 35.2 Å². The van der Waals surface area contributed by atoms with Crippen LogP contribution in [0.1, 0.15) is 18.0 Å². The Balaban J connectivity index is 1.76. The zero-order chi connectivity index (χ0) is 23.8. The first-order valence-corrected chi connectivity index (χ1v) is 11.9. The number of carbonyl (C=O) groups excluding carboxylic acids is 3. The zero-order valence-corrected chi connectivity index (χ0v) is 18.7. The molecular formula is C22H24N4O6S. The maximum absolute atomic E-state index is 13.7. The van der Waals surface area contributed by atoms with Crippen LogP contribution in [0.3, 0.4) is 0 Å². The predicted octanol–water partition coefficient (Wildman–Crippen LogP) is 0.855. The number of methoxy groups -OCH3 is 1. The standard InChI is InChI=1S/C22H24N4O6S/c1-32-10-9-25-13-15(11-19(25)27)22(29)26-18-8-7-16(33(23,30)31)12-17(18)24-21(28)20(26)14-5-3-2-4-6-14/h2-8,12,15,20H,9-11,13H2,1H3,(H,24,28)(H2,23,30,31). The van der Waals surface area contributed by atoms with Crippen molar-refractivity contribution < 1.29 is 27.5 Å². The second kappa shape index (κ2) is 8.93. The van der Waals surface area contributed by atoms with Crippen LogP contribution in [-0.4, -0.2) is 57.8 Å². The minimum Gasteiger partial charge on any atom is -0.383 e. The first kappa shape index (κ1) is 22.9. The number of hydrogen-bond donors (Lipinski definition) is 2. The van der Waals surface area contributed by atoms with Gasteiger partial charge in [0.2, 0.25) is 21.8 Å². The highest BCUT2D eigenvalue weighted by molar-refractivity contribution is 7.89. The summed E-state index contributed by atoms with van der Waals surface area (Å²) in [7, 11) is -2.48. The Morgan fingerprint density at radius 1 is 1.18 bits per heavy atom. The maximum Gasteiger partial charge on any atom is 0.252 e. The van der Waals surface area contributed by atoms with E-state index < -0.39 is 33.8 Å². The molecule has 1 saturated heterocycles. The highest BCUT2D eigenvalue weighted by Gasteiger charge is 2.44. The molecule has 0 radical (unpaired) electrons. The number of anilines is 2. The van der Waals surface area contributed by atoms with Crippen LogP contribution < -0.4 is 15.4 Å². The van der Waals surface area contributed by atoms with E-state index in [9.17, 15) is 22.8 Å². The van der Waals surface area contributed by atoms with E-state index in [-0.39, 0.29) is 29.5 Å². The number of nitrogens with one attached hydrogen (secondary N) is 1. The number of carbonyl (C=O) groups is 3. The van der Waals surface area contributed by atoms with Crippen LogP contribution in [0.2, 0.25) is 0 Å². The molecule has 174 valence electrons. The van der Waals surface area contributed by atoms with Gasteiger partial charge in [0.15, 0.2) is 0 Å². The molecule has 0 bridgehead atoms. The van der Waals surface area contributed by atoms with Crippen LogP contribution in [-0.2, 0) is 29.1 Å². The molecule has 10 nitrogen and oxygen atoms in total. The van der Waals surface area contributed by atoms with Crippen molar-refractivity contribution in [3.05, 3.63) is 54.1 Å². The first-order valence-electron chi connectivity index (χ1n) is 10.3. The van der Waals surface area contributed by atoms with Gasteiger partial charge in [-0.2, -0.15) is 0 Å². The Kier molecular flexibility index (Phi) is 6.19. The van der Waals surface area contributed by atoms with Gasteiger partial charge in [0.25, 0.3) is 5.91 Å². The lowest BCUT2D eigenvalue weighted by atomic mass is 9.97. The van der Waals surface area contributed by atoms with Gasteiger partial charge in [-0.3, -0.25) is 19.3 Å². The molecule has 0 spiro atoms. The summed E-state index contributed by atoms with van der Waals surface area (Å²) < 4.78 is 28.6. The van der Waals surface area contributed by atoms with Gasteiger partial charge in [0, 0.05) is 26.6 Å². The molecule has 2 aliphatic rings. The molecule has 2 aromatic rings. The summed E-state index contributed by atoms with van der Waals surface area (Å²) in [5.41, 5.74) is 1.08. The van der Waals surface area contributed by atoms with Crippen molar-refractivity contribution in [2.24, 2.45) is 11.1 Å². The predicted molar refractivity (Wildman–Crippen MR) is 120 cm³/mol.